The molecular formula is C45H27N5O. The molecule has 0 bridgehead atoms. The molecule has 4 heterocycles. The molecule has 0 saturated carbocycles. The fourth-order valence-electron chi connectivity index (χ4n) is 7.15. The van der Waals surface area contributed by atoms with Gasteiger partial charge in [-0.15, -0.1) is 0 Å². The molecule has 0 aliphatic rings. The molecule has 0 saturated heterocycles. The Kier molecular flexibility index (Phi) is 4.74. The predicted octanol–water partition coefficient (Wildman–Crippen LogP) is 11.3. The van der Waals surface area contributed by atoms with Crippen molar-refractivity contribution >= 4 is 65.6 Å². The van der Waals surface area contributed by atoms with Crippen molar-refractivity contribution in [1.29, 1.82) is 0 Å². The highest BCUT2D eigenvalue weighted by atomic mass is 16.3. The summed E-state index contributed by atoms with van der Waals surface area (Å²) in [7, 11) is 0. The van der Waals surface area contributed by atoms with Crippen LogP contribution in [0.5, 0.6) is 0 Å². The number of nitrogens with zero attached hydrogens (tertiary/aromatic N) is 5. The first kappa shape index (κ1) is 22.6. The number of rotatable bonds is 4. The third-order valence-corrected chi connectivity index (χ3v) is 9.45. The van der Waals surface area contributed by atoms with Crippen LogP contribution < -0.4 is 0 Å². The first-order chi connectivity index (χ1) is 27.7. The summed E-state index contributed by atoms with van der Waals surface area (Å²) in [6.07, 6.45) is 0. The number of hydrogen-bond acceptors (Lipinski definition) is 4. The maximum absolute atomic E-state index is 10.1. The summed E-state index contributed by atoms with van der Waals surface area (Å²) in [6.45, 7) is 0. The molecule has 238 valence electrons. The van der Waals surface area contributed by atoms with Gasteiger partial charge in [0.15, 0.2) is 11.6 Å². The molecule has 0 unspecified atom stereocenters. The second-order valence-corrected chi connectivity index (χ2v) is 12.4. The van der Waals surface area contributed by atoms with E-state index >= 15 is 0 Å². The highest BCUT2D eigenvalue weighted by molar-refractivity contribution is 6.19. The molecule has 11 aromatic rings. The lowest BCUT2D eigenvalue weighted by Gasteiger charge is -2.11. The second-order valence-electron chi connectivity index (χ2n) is 12.4. The van der Waals surface area contributed by atoms with Crippen LogP contribution in [0, 0.1) is 0 Å². The lowest BCUT2D eigenvalue weighted by atomic mass is 10.1. The summed E-state index contributed by atoms with van der Waals surface area (Å²) in [5.41, 5.74) is 4.92. The van der Waals surface area contributed by atoms with Crippen LogP contribution in [-0.2, 0) is 0 Å². The molecule has 0 N–H and O–H groups in total. The summed E-state index contributed by atoms with van der Waals surface area (Å²) < 4.78 is 65.1. The first-order valence-corrected chi connectivity index (χ1v) is 16.5. The Morgan fingerprint density at radius 2 is 1.08 bits per heavy atom. The van der Waals surface area contributed by atoms with Crippen molar-refractivity contribution < 1.29 is 12.6 Å². The van der Waals surface area contributed by atoms with Gasteiger partial charge in [-0.2, -0.15) is 9.97 Å². The van der Waals surface area contributed by atoms with Gasteiger partial charge in [0.05, 0.1) is 30.3 Å². The Balaban J connectivity index is 1.30. The monoisotopic (exact) mass is 659 g/mol. The number of para-hydroxylation sites is 4. The van der Waals surface area contributed by atoms with Crippen LogP contribution in [0.15, 0.2) is 168 Å². The second kappa shape index (κ2) is 10.7. The molecule has 0 fully saturated rings. The fourth-order valence-corrected chi connectivity index (χ4v) is 7.15. The van der Waals surface area contributed by atoms with Crippen molar-refractivity contribution in [2.75, 3.05) is 0 Å². The topological polar surface area (TPSA) is 61.7 Å². The third kappa shape index (κ3) is 4.20. The van der Waals surface area contributed by atoms with Crippen LogP contribution >= 0.6 is 0 Å². The van der Waals surface area contributed by atoms with Gasteiger partial charge in [0.2, 0.25) is 5.95 Å². The van der Waals surface area contributed by atoms with Crippen molar-refractivity contribution in [3.8, 4) is 34.4 Å². The summed E-state index contributed by atoms with van der Waals surface area (Å²) in [5.74, 6) is 0.815. The number of aromatic nitrogens is 5. The largest absolute Gasteiger partial charge is 0.456 e. The van der Waals surface area contributed by atoms with Crippen molar-refractivity contribution in [1.82, 2.24) is 24.1 Å². The van der Waals surface area contributed by atoms with Gasteiger partial charge in [-0.25, -0.2) is 4.98 Å². The average Bonchev–Trinajstić information content (AvgIpc) is 3.89. The van der Waals surface area contributed by atoms with Crippen LogP contribution in [0.3, 0.4) is 0 Å². The van der Waals surface area contributed by atoms with Gasteiger partial charge in [-0.1, -0.05) is 109 Å². The molecule has 0 aliphatic carbocycles. The Hall–Kier alpha value is -7.05. The normalized spacial score (nSPS) is 13.6. The SMILES string of the molecule is [2H]c1cc([2H])c2c(c1)c1c([2H])c3c4cc([2H])cc([2H])c4n(-c4nc(-c5ccccc5)nc(-c5ccc6c(c5)oc5ccccc56)n4)c3c([2H])c1n2-c1ccccc1. The maximum atomic E-state index is 10.1. The molecule has 0 aliphatic heterocycles. The van der Waals surface area contributed by atoms with Gasteiger partial charge in [0, 0.05) is 49.1 Å². The van der Waals surface area contributed by atoms with E-state index in [-0.39, 0.29) is 47.7 Å². The molecule has 51 heavy (non-hydrogen) atoms. The van der Waals surface area contributed by atoms with E-state index in [9.17, 15) is 4.11 Å². The highest BCUT2D eigenvalue weighted by Crippen LogP contribution is 2.40. The van der Waals surface area contributed by atoms with E-state index in [1.165, 1.54) is 12.1 Å². The Morgan fingerprint density at radius 1 is 0.451 bits per heavy atom. The van der Waals surface area contributed by atoms with Crippen LogP contribution in [0.25, 0.3) is 100.0 Å². The molecule has 0 radical (unpaired) electrons. The standard InChI is InChI=1S/C45H27N5O/c1-3-13-28(14-4-1)43-46-44(29-23-24-34-33-19-9-12-22-41(33)51-42(34)25-29)48-45(47-43)50-38-21-11-8-18-32(38)36-26-35-31-17-7-10-20-37(31)49(39(35)27-40(36)50)30-15-5-2-6-16-30/h1-27H/i7D,8D,20D,21D,26D,27D. The number of hydrogen-bond donors (Lipinski definition) is 0. The van der Waals surface area contributed by atoms with Crippen LogP contribution in [0.1, 0.15) is 8.22 Å². The van der Waals surface area contributed by atoms with Gasteiger partial charge in [0.25, 0.3) is 0 Å². The van der Waals surface area contributed by atoms with E-state index in [1.54, 1.807) is 16.7 Å². The van der Waals surface area contributed by atoms with Gasteiger partial charge in [-0.05, 0) is 54.5 Å². The highest BCUT2D eigenvalue weighted by Gasteiger charge is 2.21. The van der Waals surface area contributed by atoms with E-state index in [0.717, 1.165) is 21.9 Å². The lowest BCUT2D eigenvalue weighted by molar-refractivity contribution is 0.669. The van der Waals surface area contributed by atoms with Crippen molar-refractivity contribution in [3.63, 3.8) is 0 Å². The molecule has 6 nitrogen and oxygen atoms in total. The zero-order valence-corrected chi connectivity index (χ0v) is 26.8. The third-order valence-electron chi connectivity index (χ3n) is 9.45. The minimum Gasteiger partial charge on any atom is -0.456 e. The summed E-state index contributed by atoms with van der Waals surface area (Å²) in [5, 5.41) is 3.60. The zero-order chi connectivity index (χ0) is 38.7. The fraction of sp³-hybridized carbons (Fsp3) is 0. The Morgan fingerprint density at radius 3 is 1.84 bits per heavy atom. The Labute approximate surface area is 299 Å². The zero-order valence-electron chi connectivity index (χ0n) is 32.8. The van der Waals surface area contributed by atoms with Crippen molar-refractivity contribution in [2.45, 2.75) is 0 Å². The summed E-state index contributed by atoms with van der Waals surface area (Å²) >= 11 is 0. The number of benzene rings is 7. The predicted molar refractivity (Wildman–Crippen MR) is 207 cm³/mol. The molecule has 7 aromatic carbocycles. The molecule has 4 aromatic heterocycles. The molecule has 6 heteroatoms. The van der Waals surface area contributed by atoms with Crippen LogP contribution in [0.2, 0.25) is 0 Å². The van der Waals surface area contributed by atoms with Gasteiger partial charge in [-0.3, -0.25) is 4.57 Å². The van der Waals surface area contributed by atoms with Crippen LogP contribution in [0.4, 0.5) is 0 Å². The van der Waals surface area contributed by atoms with Gasteiger partial charge >= 0.3 is 0 Å². The van der Waals surface area contributed by atoms with Crippen molar-refractivity contribution in [3.05, 3.63) is 164 Å². The summed E-state index contributed by atoms with van der Waals surface area (Å²) in [4.78, 5) is 15.0. The van der Waals surface area contributed by atoms with E-state index < -0.39 is 0 Å². The van der Waals surface area contributed by atoms with E-state index in [2.05, 4.69) is 0 Å². The van der Waals surface area contributed by atoms with E-state index in [1.807, 2.05) is 108 Å². The van der Waals surface area contributed by atoms with Crippen molar-refractivity contribution in [2.24, 2.45) is 0 Å². The minimum atomic E-state index is 0.00165. The lowest BCUT2D eigenvalue weighted by Crippen LogP contribution is -2.06. The van der Waals surface area contributed by atoms with Crippen LogP contribution in [-0.4, -0.2) is 24.1 Å². The number of furan rings is 1. The number of fused-ring (bicyclic) bond motifs is 9. The molecule has 0 spiro atoms. The molecular weight excluding hydrogens is 627 g/mol. The minimum absolute atomic E-state index is 0.00165. The smallest absolute Gasteiger partial charge is 0.238 e. The van der Waals surface area contributed by atoms with E-state index in [4.69, 9.17) is 23.5 Å². The first-order valence-electron chi connectivity index (χ1n) is 19.5. The van der Waals surface area contributed by atoms with Gasteiger partial charge in [0.1, 0.15) is 11.2 Å². The summed E-state index contributed by atoms with van der Waals surface area (Å²) in [6, 6.07) is 39.0. The van der Waals surface area contributed by atoms with E-state index in [0.29, 0.717) is 66.6 Å². The molecule has 0 amide bonds. The quantitative estimate of drug-likeness (QED) is 0.189. The maximum Gasteiger partial charge on any atom is 0.238 e. The molecule has 0 atom stereocenters. The Bertz CT molecular complexity index is 3490. The average molecular weight is 660 g/mol. The molecule has 11 rings (SSSR count). The van der Waals surface area contributed by atoms with Gasteiger partial charge < -0.3 is 8.98 Å².